The average molecular weight is 339 g/mol. The van der Waals surface area contributed by atoms with Gasteiger partial charge in [0, 0.05) is 28.5 Å². The van der Waals surface area contributed by atoms with E-state index in [9.17, 15) is 4.79 Å². The molecule has 0 saturated heterocycles. The van der Waals surface area contributed by atoms with Crippen molar-refractivity contribution in [1.29, 1.82) is 0 Å². The number of esters is 1. The Hall–Kier alpha value is -2.20. The van der Waals surface area contributed by atoms with Gasteiger partial charge in [0.1, 0.15) is 5.25 Å². The van der Waals surface area contributed by atoms with Crippen LogP contribution in [-0.2, 0) is 16.1 Å². The van der Waals surface area contributed by atoms with Crippen LogP contribution in [0.25, 0.3) is 10.9 Å². The van der Waals surface area contributed by atoms with E-state index in [2.05, 4.69) is 60.2 Å². The van der Waals surface area contributed by atoms with Gasteiger partial charge in [0.25, 0.3) is 0 Å². The fourth-order valence-electron chi connectivity index (χ4n) is 2.81. The number of rotatable bonds is 5. The molecule has 1 heterocycles. The van der Waals surface area contributed by atoms with Gasteiger partial charge in [-0.1, -0.05) is 42.5 Å². The average Bonchev–Trinajstić information content (AvgIpc) is 2.94. The van der Waals surface area contributed by atoms with Gasteiger partial charge in [0.2, 0.25) is 0 Å². The van der Waals surface area contributed by atoms with Crippen molar-refractivity contribution in [1.82, 2.24) is 4.57 Å². The van der Waals surface area contributed by atoms with Crippen molar-refractivity contribution < 1.29 is 9.53 Å². The molecule has 3 rings (SSSR count). The van der Waals surface area contributed by atoms with Crippen molar-refractivity contribution in [3.63, 3.8) is 0 Å². The molecule has 0 aliphatic carbocycles. The Morgan fingerprint density at radius 1 is 1.17 bits per heavy atom. The molecular weight excluding hydrogens is 318 g/mol. The smallest absolute Gasteiger partial charge is 0.318 e. The van der Waals surface area contributed by atoms with Crippen LogP contribution in [-0.4, -0.2) is 22.9 Å². The second-order valence-electron chi connectivity index (χ2n) is 5.85. The van der Waals surface area contributed by atoms with Crippen molar-refractivity contribution in [2.75, 3.05) is 7.11 Å². The molecule has 0 aliphatic rings. The Labute approximate surface area is 146 Å². The van der Waals surface area contributed by atoms with Crippen LogP contribution >= 0.6 is 11.8 Å². The van der Waals surface area contributed by atoms with Gasteiger partial charge in [-0.15, -0.1) is 11.8 Å². The first-order valence-electron chi connectivity index (χ1n) is 7.97. The molecule has 3 aromatic rings. The second-order valence-corrected chi connectivity index (χ2v) is 7.23. The lowest BCUT2D eigenvalue weighted by molar-refractivity contribution is -0.139. The molecule has 0 saturated carbocycles. The molecule has 0 radical (unpaired) electrons. The molecule has 3 nitrogen and oxygen atoms in total. The number of aromatic nitrogens is 1. The number of fused-ring (bicyclic) bond motifs is 1. The molecular formula is C20H21NO2S. The number of carbonyl (C=O) groups excluding carboxylic acids is 1. The first-order valence-corrected chi connectivity index (χ1v) is 8.85. The summed E-state index contributed by atoms with van der Waals surface area (Å²) in [4.78, 5) is 12.9. The summed E-state index contributed by atoms with van der Waals surface area (Å²) in [6, 6.07) is 16.7. The van der Waals surface area contributed by atoms with Crippen LogP contribution in [0, 0.1) is 6.92 Å². The summed E-state index contributed by atoms with van der Waals surface area (Å²) in [5.74, 6) is -0.198. The van der Waals surface area contributed by atoms with Gasteiger partial charge in [-0.25, -0.2) is 0 Å². The van der Waals surface area contributed by atoms with E-state index in [-0.39, 0.29) is 11.2 Å². The van der Waals surface area contributed by atoms with Crippen LogP contribution in [0.5, 0.6) is 0 Å². The number of carbonyl (C=O) groups is 1. The third kappa shape index (κ3) is 3.34. The van der Waals surface area contributed by atoms with Crippen molar-refractivity contribution >= 4 is 28.6 Å². The first kappa shape index (κ1) is 16.7. The summed E-state index contributed by atoms with van der Waals surface area (Å²) in [5, 5.41) is 0.944. The Kier molecular flexibility index (Phi) is 4.95. The van der Waals surface area contributed by atoms with Crippen LogP contribution in [0.15, 0.2) is 59.6 Å². The predicted octanol–water partition coefficient (Wildman–Crippen LogP) is 4.65. The van der Waals surface area contributed by atoms with Gasteiger partial charge in [-0.05, 0) is 31.0 Å². The van der Waals surface area contributed by atoms with E-state index in [0.29, 0.717) is 0 Å². The highest BCUT2D eigenvalue weighted by atomic mass is 32.2. The maximum Gasteiger partial charge on any atom is 0.318 e. The zero-order valence-electron chi connectivity index (χ0n) is 14.2. The summed E-state index contributed by atoms with van der Waals surface area (Å²) in [6.45, 7) is 4.83. The highest BCUT2D eigenvalue weighted by Gasteiger charge is 2.18. The minimum absolute atomic E-state index is 0.198. The van der Waals surface area contributed by atoms with E-state index in [1.807, 2.05) is 13.0 Å². The fraction of sp³-hybridized carbons (Fsp3) is 0.250. The fourth-order valence-corrected chi connectivity index (χ4v) is 3.87. The van der Waals surface area contributed by atoms with Crippen molar-refractivity contribution in [3.05, 3.63) is 65.9 Å². The van der Waals surface area contributed by atoms with Crippen molar-refractivity contribution in [2.24, 2.45) is 0 Å². The van der Waals surface area contributed by atoms with E-state index in [4.69, 9.17) is 4.74 Å². The Morgan fingerprint density at radius 3 is 2.62 bits per heavy atom. The molecule has 0 bridgehead atoms. The topological polar surface area (TPSA) is 31.2 Å². The molecule has 0 fully saturated rings. The van der Waals surface area contributed by atoms with E-state index < -0.39 is 0 Å². The van der Waals surface area contributed by atoms with Crippen LogP contribution in [0.4, 0.5) is 0 Å². The Morgan fingerprint density at radius 2 is 1.88 bits per heavy atom. The standard InChI is InChI=1S/C20H21NO2S/c1-14-8-4-5-9-16(14)12-21-13-19(24-15(2)20(22)23-3)17-10-6-7-11-18(17)21/h4-11,13,15H,12H2,1-3H3. The van der Waals surface area contributed by atoms with Gasteiger partial charge in [0.15, 0.2) is 0 Å². The number of hydrogen-bond acceptors (Lipinski definition) is 3. The number of aryl methyl sites for hydroxylation is 1. The third-order valence-electron chi connectivity index (χ3n) is 4.19. The minimum Gasteiger partial charge on any atom is -0.468 e. The second kappa shape index (κ2) is 7.14. The van der Waals surface area contributed by atoms with Crippen LogP contribution in [0.1, 0.15) is 18.1 Å². The maximum absolute atomic E-state index is 11.7. The number of thioether (sulfide) groups is 1. The maximum atomic E-state index is 11.7. The number of ether oxygens (including phenoxy) is 1. The van der Waals surface area contributed by atoms with E-state index in [1.165, 1.54) is 29.1 Å². The number of para-hydroxylation sites is 1. The van der Waals surface area contributed by atoms with Crippen LogP contribution < -0.4 is 0 Å². The molecule has 0 N–H and O–H groups in total. The third-order valence-corrected chi connectivity index (χ3v) is 5.32. The SMILES string of the molecule is COC(=O)C(C)Sc1cn(Cc2ccccc2C)c2ccccc12. The predicted molar refractivity (Wildman–Crippen MR) is 99.6 cm³/mol. The molecule has 1 aromatic heterocycles. The largest absolute Gasteiger partial charge is 0.468 e. The molecule has 0 aliphatic heterocycles. The van der Waals surface area contributed by atoms with E-state index >= 15 is 0 Å². The Bertz CT molecular complexity index is 869. The molecule has 2 aromatic carbocycles. The first-order chi connectivity index (χ1) is 11.6. The zero-order valence-corrected chi connectivity index (χ0v) is 15.0. The summed E-state index contributed by atoms with van der Waals surface area (Å²) >= 11 is 1.55. The highest BCUT2D eigenvalue weighted by molar-refractivity contribution is 8.00. The van der Waals surface area contributed by atoms with Gasteiger partial charge in [0.05, 0.1) is 7.11 Å². The molecule has 24 heavy (non-hydrogen) atoms. The van der Waals surface area contributed by atoms with Crippen LogP contribution in [0.2, 0.25) is 0 Å². The minimum atomic E-state index is -0.229. The van der Waals surface area contributed by atoms with Gasteiger partial charge in [-0.2, -0.15) is 0 Å². The molecule has 124 valence electrons. The van der Waals surface area contributed by atoms with Gasteiger partial charge < -0.3 is 9.30 Å². The number of nitrogens with zero attached hydrogens (tertiary/aromatic N) is 1. The monoisotopic (exact) mass is 339 g/mol. The van der Waals surface area contributed by atoms with Crippen LogP contribution in [0.3, 0.4) is 0 Å². The molecule has 1 atom stereocenters. The van der Waals surface area contributed by atoms with Crippen molar-refractivity contribution in [2.45, 2.75) is 30.5 Å². The molecule has 1 unspecified atom stereocenters. The van der Waals surface area contributed by atoms with Gasteiger partial charge >= 0.3 is 5.97 Å². The lowest BCUT2D eigenvalue weighted by atomic mass is 10.1. The lowest BCUT2D eigenvalue weighted by Crippen LogP contribution is -2.14. The lowest BCUT2D eigenvalue weighted by Gasteiger charge is -2.08. The summed E-state index contributed by atoms with van der Waals surface area (Å²) in [6.07, 6.45) is 2.14. The van der Waals surface area contributed by atoms with E-state index in [0.717, 1.165) is 11.4 Å². The zero-order chi connectivity index (χ0) is 17.1. The number of methoxy groups -OCH3 is 1. The number of hydrogen-bond donors (Lipinski definition) is 0. The van der Waals surface area contributed by atoms with Gasteiger partial charge in [-0.3, -0.25) is 4.79 Å². The Balaban J connectivity index is 1.97. The summed E-state index contributed by atoms with van der Waals surface area (Å²) < 4.78 is 7.10. The molecule has 4 heteroatoms. The summed E-state index contributed by atoms with van der Waals surface area (Å²) in [7, 11) is 1.43. The highest BCUT2D eigenvalue weighted by Crippen LogP contribution is 2.33. The normalized spacial score (nSPS) is 12.3. The van der Waals surface area contributed by atoms with Crippen molar-refractivity contribution in [3.8, 4) is 0 Å². The van der Waals surface area contributed by atoms with E-state index in [1.54, 1.807) is 11.8 Å². The quantitative estimate of drug-likeness (QED) is 0.501. The molecule has 0 spiro atoms. The summed E-state index contributed by atoms with van der Waals surface area (Å²) in [5.41, 5.74) is 3.77. The molecule has 0 amide bonds. The number of benzene rings is 2.